The molecule has 0 radical (unpaired) electrons. The van der Waals surface area contributed by atoms with E-state index < -0.39 is 0 Å². The third kappa shape index (κ3) is 6.72. The van der Waals surface area contributed by atoms with Gasteiger partial charge >= 0.3 is 0 Å². The summed E-state index contributed by atoms with van der Waals surface area (Å²) in [5.41, 5.74) is 0.0612. The molecular weight excluding hydrogens is 306 g/mol. The second kappa shape index (κ2) is 10.8. The van der Waals surface area contributed by atoms with Crippen LogP contribution in [0.1, 0.15) is 12.8 Å². The monoisotopic (exact) mass is 335 g/mol. The molecule has 2 N–H and O–H groups in total. The van der Waals surface area contributed by atoms with E-state index in [1.54, 1.807) is 23.7 Å². The van der Waals surface area contributed by atoms with Crippen LogP contribution in [0.3, 0.4) is 0 Å². The third-order valence-electron chi connectivity index (χ3n) is 4.07. The van der Waals surface area contributed by atoms with E-state index in [-0.39, 0.29) is 5.56 Å². The molecule has 2 rings (SSSR count). The molecule has 0 saturated carbocycles. The van der Waals surface area contributed by atoms with Crippen molar-refractivity contribution in [1.82, 2.24) is 20.1 Å². The van der Waals surface area contributed by atoms with Crippen LogP contribution in [-0.2, 0) is 11.3 Å². The van der Waals surface area contributed by atoms with Crippen molar-refractivity contribution >= 4 is 5.96 Å². The fourth-order valence-electron chi connectivity index (χ4n) is 2.64. The normalized spacial score (nSPS) is 16.1. The Balaban J connectivity index is 1.54. The molecule has 1 aliphatic rings. The first kappa shape index (κ1) is 18.5. The van der Waals surface area contributed by atoms with Crippen LogP contribution in [-0.4, -0.2) is 68.4 Å². The zero-order valence-corrected chi connectivity index (χ0v) is 14.5. The fourth-order valence-corrected chi connectivity index (χ4v) is 2.64. The smallest absolute Gasteiger partial charge is 0.250 e. The number of morpholine rings is 1. The van der Waals surface area contributed by atoms with Gasteiger partial charge < -0.3 is 19.9 Å². The van der Waals surface area contributed by atoms with Crippen molar-refractivity contribution in [2.45, 2.75) is 19.4 Å². The Morgan fingerprint density at radius 2 is 1.96 bits per heavy atom. The summed E-state index contributed by atoms with van der Waals surface area (Å²) in [5, 5.41) is 6.65. The maximum absolute atomic E-state index is 11.6. The Labute approximate surface area is 143 Å². The lowest BCUT2D eigenvalue weighted by Crippen LogP contribution is -2.44. The van der Waals surface area contributed by atoms with E-state index in [1.807, 2.05) is 12.3 Å². The van der Waals surface area contributed by atoms with Crippen LogP contribution in [0, 0.1) is 0 Å². The van der Waals surface area contributed by atoms with Gasteiger partial charge in [-0.15, -0.1) is 0 Å². The topological polar surface area (TPSA) is 70.9 Å². The van der Waals surface area contributed by atoms with E-state index in [0.717, 1.165) is 71.3 Å². The van der Waals surface area contributed by atoms with Crippen molar-refractivity contribution in [3.63, 3.8) is 0 Å². The van der Waals surface area contributed by atoms with Crippen LogP contribution in [0.15, 0.2) is 34.2 Å². The van der Waals surface area contributed by atoms with E-state index in [2.05, 4.69) is 20.5 Å². The standard InChI is InChI=1S/C17H29N5O2/c1-18-17(20-8-11-21-12-14-24-15-13-21)19-7-3-5-10-22-9-4-2-6-16(22)23/h2,4,6,9H,3,5,7-8,10-15H2,1H3,(H2,18,19,20). The Morgan fingerprint density at radius 3 is 2.71 bits per heavy atom. The van der Waals surface area contributed by atoms with Crippen LogP contribution in [0.2, 0.25) is 0 Å². The van der Waals surface area contributed by atoms with Crippen LogP contribution < -0.4 is 16.2 Å². The third-order valence-corrected chi connectivity index (χ3v) is 4.07. The van der Waals surface area contributed by atoms with Crippen LogP contribution in [0.5, 0.6) is 0 Å². The molecule has 1 aromatic rings. The summed E-state index contributed by atoms with van der Waals surface area (Å²) in [7, 11) is 1.79. The van der Waals surface area contributed by atoms with Gasteiger partial charge in [0.05, 0.1) is 13.2 Å². The summed E-state index contributed by atoms with van der Waals surface area (Å²) in [6, 6.07) is 5.26. The predicted molar refractivity (Wildman–Crippen MR) is 96.6 cm³/mol. The molecular formula is C17H29N5O2. The lowest BCUT2D eigenvalue weighted by atomic mass is 10.3. The quantitative estimate of drug-likeness (QED) is 0.401. The molecule has 1 aromatic heterocycles. The van der Waals surface area contributed by atoms with E-state index in [0.29, 0.717) is 0 Å². The predicted octanol–water partition coefficient (Wildman–Crippen LogP) is 0.126. The van der Waals surface area contributed by atoms with Crippen LogP contribution in [0.25, 0.3) is 0 Å². The highest BCUT2D eigenvalue weighted by Crippen LogP contribution is 1.95. The zero-order valence-electron chi connectivity index (χ0n) is 14.5. The van der Waals surface area contributed by atoms with Gasteiger partial charge in [0.1, 0.15) is 0 Å². The lowest BCUT2D eigenvalue weighted by molar-refractivity contribution is 0.0389. The number of ether oxygens (including phenoxy) is 1. The van der Waals surface area contributed by atoms with Gasteiger partial charge in [-0.25, -0.2) is 0 Å². The molecule has 2 heterocycles. The van der Waals surface area contributed by atoms with Gasteiger partial charge in [-0.1, -0.05) is 6.07 Å². The molecule has 7 nitrogen and oxygen atoms in total. The number of aromatic nitrogens is 1. The largest absolute Gasteiger partial charge is 0.379 e. The number of aryl methyl sites for hydroxylation is 1. The van der Waals surface area contributed by atoms with Gasteiger partial charge in [0, 0.05) is 58.6 Å². The summed E-state index contributed by atoms with van der Waals surface area (Å²) in [6.07, 6.45) is 3.79. The van der Waals surface area contributed by atoms with Crippen molar-refractivity contribution in [2.75, 3.05) is 53.0 Å². The molecule has 0 bridgehead atoms. The maximum Gasteiger partial charge on any atom is 0.250 e. The molecule has 0 atom stereocenters. The van der Waals surface area contributed by atoms with Crippen LogP contribution in [0.4, 0.5) is 0 Å². The van der Waals surface area contributed by atoms with Crippen LogP contribution >= 0.6 is 0 Å². The number of pyridine rings is 1. The summed E-state index contributed by atoms with van der Waals surface area (Å²) < 4.78 is 7.09. The molecule has 24 heavy (non-hydrogen) atoms. The van der Waals surface area contributed by atoms with Crippen molar-refractivity contribution in [3.8, 4) is 0 Å². The molecule has 7 heteroatoms. The van der Waals surface area contributed by atoms with Gasteiger partial charge in [0.2, 0.25) is 5.56 Å². The minimum absolute atomic E-state index is 0.0612. The fraction of sp³-hybridized carbons (Fsp3) is 0.647. The average Bonchev–Trinajstić information content (AvgIpc) is 2.62. The second-order valence-electron chi connectivity index (χ2n) is 5.82. The lowest BCUT2D eigenvalue weighted by Gasteiger charge is -2.26. The van der Waals surface area contributed by atoms with E-state index in [9.17, 15) is 4.79 Å². The number of aliphatic imine (C=N–C) groups is 1. The summed E-state index contributed by atoms with van der Waals surface area (Å²) in [4.78, 5) is 18.2. The number of nitrogens with zero attached hydrogens (tertiary/aromatic N) is 3. The number of hydrogen-bond acceptors (Lipinski definition) is 4. The van der Waals surface area contributed by atoms with Crippen molar-refractivity contribution in [1.29, 1.82) is 0 Å². The molecule has 1 saturated heterocycles. The molecule has 0 amide bonds. The van der Waals surface area contributed by atoms with Crippen molar-refractivity contribution in [3.05, 3.63) is 34.7 Å². The van der Waals surface area contributed by atoms with Gasteiger partial charge in [-0.2, -0.15) is 0 Å². The molecule has 1 aliphatic heterocycles. The summed E-state index contributed by atoms with van der Waals surface area (Å²) in [6.45, 7) is 7.15. The first-order valence-electron chi connectivity index (χ1n) is 8.69. The summed E-state index contributed by atoms with van der Waals surface area (Å²) in [5.74, 6) is 0.833. The number of hydrogen-bond donors (Lipinski definition) is 2. The van der Waals surface area contributed by atoms with Gasteiger partial charge in [-0.05, 0) is 18.9 Å². The Morgan fingerprint density at radius 1 is 1.17 bits per heavy atom. The van der Waals surface area contributed by atoms with Gasteiger partial charge in [0.25, 0.3) is 0 Å². The molecule has 1 fully saturated rings. The Bertz CT molecular complexity index is 552. The molecule has 0 unspecified atom stereocenters. The van der Waals surface area contributed by atoms with E-state index in [1.165, 1.54) is 0 Å². The Hall–Kier alpha value is -1.86. The van der Waals surface area contributed by atoms with E-state index >= 15 is 0 Å². The van der Waals surface area contributed by atoms with Gasteiger partial charge in [-0.3, -0.25) is 14.7 Å². The van der Waals surface area contributed by atoms with Crippen molar-refractivity contribution < 1.29 is 4.74 Å². The minimum Gasteiger partial charge on any atom is -0.379 e. The highest BCUT2D eigenvalue weighted by Gasteiger charge is 2.09. The SMILES string of the molecule is CN=C(NCCCCn1ccccc1=O)NCCN1CCOCC1. The number of unbranched alkanes of at least 4 members (excludes halogenated alkanes) is 1. The first-order valence-corrected chi connectivity index (χ1v) is 8.69. The zero-order chi connectivity index (χ0) is 17.0. The molecule has 0 aromatic carbocycles. The highest BCUT2D eigenvalue weighted by molar-refractivity contribution is 5.79. The Kier molecular flexibility index (Phi) is 8.34. The van der Waals surface area contributed by atoms with Crippen molar-refractivity contribution in [2.24, 2.45) is 4.99 Å². The summed E-state index contributed by atoms with van der Waals surface area (Å²) >= 11 is 0. The maximum atomic E-state index is 11.6. The number of guanidine groups is 1. The first-order chi connectivity index (χ1) is 11.8. The highest BCUT2D eigenvalue weighted by atomic mass is 16.5. The molecule has 0 aliphatic carbocycles. The average molecular weight is 335 g/mol. The molecule has 134 valence electrons. The number of rotatable bonds is 8. The molecule has 0 spiro atoms. The number of nitrogens with one attached hydrogen (secondary N) is 2. The minimum atomic E-state index is 0.0612. The van der Waals surface area contributed by atoms with Gasteiger partial charge in [0.15, 0.2) is 5.96 Å². The van der Waals surface area contributed by atoms with E-state index in [4.69, 9.17) is 4.74 Å². The second-order valence-corrected chi connectivity index (χ2v) is 5.82.